The first kappa shape index (κ1) is 29.4. The number of sulfonamides is 1. The van der Waals surface area contributed by atoms with Crippen LogP contribution in [0.15, 0.2) is 42.5 Å². The zero-order valence-corrected chi connectivity index (χ0v) is 23.3. The van der Waals surface area contributed by atoms with Crippen LogP contribution in [0, 0.1) is 20.8 Å². The minimum Gasteiger partial charge on any atom is -0.354 e. The maximum absolute atomic E-state index is 13.3. The molecular weight excluding hydrogens is 474 g/mol. The topological polar surface area (TPSA) is 86.8 Å². The zero-order valence-electron chi connectivity index (χ0n) is 22.5. The van der Waals surface area contributed by atoms with E-state index in [0.29, 0.717) is 25.2 Å². The third-order valence-electron chi connectivity index (χ3n) is 6.40. The van der Waals surface area contributed by atoms with Crippen molar-refractivity contribution in [1.82, 2.24) is 10.2 Å². The molecule has 0 aliphatic carbocycles. The predicted octanol–water partition coefficient (Wildman–Crippen LogP) is 4.49. The van der Waals surface area contributed by atoms with Gasteiger partial charge in [-0.1, -0.05) is 49.2 Å². The van der Waals surface area contributed by atoms with Crippen molar-refractivity contribution in [2.75, 3.05) is 23.7 Å². The van der Waals surface area contributed by atoms with E-state index < -0.39 is 16.1 Å². The van der Waals surface area contributed by atoms with Gasteiger partial charge in [-0.2, -0.15) is 0 Å². The molecule has 0 fully saturated rings. The average Bonchev–Trinajstić information content (AvgIpc) is 2.82. The molecule has 2 amide bonds. The Balaban J connectivity index is 2.15. The highest BCUT2D eigenvalue weighted by Crippen LogP contribution is 2.22. The molecule has 0 spiro atoms. The SMILES string of the molecule is CCCCNC(=O)C(C)N(Cc1ccc(C)cc1)C(=O)CCCN(c1ccc(C)c(C)c1)S(C)(=O)=O. The summed E-state index contributed by atoms with van der Waals surface area (Å²) >= 11 is 0. The van der Waals surface area contributed by atoms with Gasteiger partial charge in [-0.25, -0.2) is 8.42 Å². The van der Waals surface area contributed by atoms with E-state index >= 15 is 0 Å². The van der Waals surface area contributed by atoms with E-state index in [2.05, 4.69) is 12.2 Å². The van der Waals surface area contributed by atoms with Crippen LogP contribution >= 0.6 is 0 Å². The number of rotatable bonds is 13. The maximum Gasteiger partial charge on any atom is 0.242 e. The number of carbonyl (C=O) groups is 2. The van der Waals surface area contributed by atoms with Crippen LogP contribution < -0.4 is 9.62 Å². The molecule has 8 heteroatoms. The highest BCUT2D eigenvalue weighted by atomic mass is 32.2. The molecule has 7 nitrogen and oxygen atoms in total. The number of carbonyl (C=O) groups excluding carboxylic acids is 2. The molecule has 36 heavy (non-hydrogen) atoms. The molecule has 198 valence electrons. The maximum atomic E-state index is 13.3. The number of benzene rings is 2. The summed E-state index contributed by atoms with van der Waals surface area (Å²) in [6, 6.07) is 12.8. The fraction of sp³-hybridized carbons (Fsp3) is 0.500. The minimum atomic E-state index is -3.52. The first-order valence-electron chi connectivity index (χ1n) is 12.6. The Morgan fingerprint density at radius 1 is 0.972 bits per heavy atom. The summed E-state index contributed by atoms with van der Waals surface area (Å²) < 4.78 is 26.4. The molecule has 0 saturated carbocycles. The number of anilines is 1. The molecule has 2 rings (SSSR count). The molecule has 0 heterocycles. The van der Waals surface area contributed by atoms with Gasteiger partial charge in [0, 0.05) is 26.1 Å². The van der Waals surface area contributed by atoms with Crippen LogP contribution in [0.4, 0.5) is 5.69 Å². The lowest BCUT2D eigenvalue weighted by atomic mass is 10.1. The number of aryl methyl sites for hydroxylation is 3. The number of hydrogen-bond donors (Lipinski definition) is 1. The Kier molecular flexibility index (Phi) is 11.0. The standard InChI is InChI=1S/C28H41N3O4S/c1-7-8-17-29-28(33)24(5)30(20-25-14-11-21(2)12-15-25)27(32)10-9-18-31(36(6,34)35)26-16-13-22(3)23(4)19-26/h11-16,19,24H,7-10,17-18,20H2,1-6H3,(H,29,33). The summed E-state index contributed by atoms with van der Waals surface area (Å²) in [5.41, 5.74) is 4.74. The molecule has 1 N–H and O–H groups in total. The van der Waals surface area contributed by atoms with Crippen LogP contribution in [0.3, 0.4) is 0 Å². The van der Waals surface area contributed by atoms with Gasteiger partial charge in [-0.15, -0.1) is 0 Å². The van der Waals surface area contributed by atoms with Gasteiger partial charge in [-0.05, 0) is 69.4 Å². The second-order valence-electron chi connectivity index (χ2n) is 9.54. The van der Waals surface area contributed by atoms with Crippen molar-refractivity contribution in [3.63, 3.8) is 0 Å². The van der Waals surface area contributed by atoms with Crippen molar-refractivity contribution in [2.24, 2.45) is 0 Å². The molecule has 2 aromatic rings. The van der Waals surface area contributed by atoms with E-state index in [1.165, 1.54) is 10.6 Å². The molecule has 1 atom stereocenters. The van der Waals surface area contributed by atoms with Crippen molar-refractivity contribution in [3.8, 4) is 0 Å². The van der Waals surface area contributed by atoms with Gasteiger partial charge in [0.2, 0.25) is 21.8 Å². The van der Waals surface area contributed by atoms with Gasteiger partial charge in [0.25, 0.3) is 0 Å². The largest absolute Gasteiger partial charge is 0.354 e. The molecule has 0 aliphatic heterocycles. The molecule has 0 radical (unpaired) electrons. The minimum absolute atomic E-state index is 0.134. The molecule has 0 aromatic heterocycles. The second-order valence-corrected chi connectivity index (χ2v) is 11.4. The third kappa shape index (κ3) is 8.66. The van der Waals surface area contributed by atoms with Crippen LogP contribution in [0.5, 0.6) is 0 Å². The summed E-state index contributed by atoms with van der Waals surface area (Å²) in [7, 11) is -3.52. The second kappa shape index (κ2) is 13.4. The van der Waals surface area contributed by atoms with Gasteiger partial charge in [0.05, 0.1) is 11.9 Å². The monoisotopic (exact) mass is 515 g/mol. The highest BCUT2D eigenvalue weighted by Gasteiger charge is 2.26. The summed E-state index contributed by atoms with van der Waals surface area (Å²) in [6.45, 7) is 10.8. The Morgan fingerprint density at radius 3 is 2.22 bits per heavy atom. The van der Waals surface area contributed by atoms with Crippen molar-refractivity contribution in [3.05, 3.63) is 64.7 Å². The summed E-state index contributed by atoms with van der Waals surface area (Å²) in [4.78, 5) is 27.7. The zero-order chi connectivity index (χ0) is 26.9. The predicted molar refractivity (Wildman–Crippen MR) is 146 cm³/mol. The molecule has 0 bridgehead atoms. The van der Waals surface area contributed by atoms with Gasteiger partial charge in [0.15, 0.2) is 0 Å². The fourth-order valence-corrected chi connectivity index (χ4v) is 4.85. The third-order valence-corrected chi connectivity index (χ3v) is 7.60. The summed E-state index contributed by atoms with van der Waals surface area (Å²) in [6.07, 6.45) is 3.50. The Bertz CT molecular complexity index is 1130. The fourth-order valence-electron chi connectivity index (χ4n) is 3.89. The summed E-state index contributed by atoms with van der Waals surface area (Å²) in [5.74, 6) is -0.362. The van der Waals surface area contributed by atoms with Gasteiger partial charge in [-0.3, -0.25) is 13.9 Å². The molecule has 0 aliphatic rings. The normalized spacial score (nSPS) is 12.2. The Hall–Kier alpha value is -2.87. The van der Waals surface area contributed by atoms with Crippen molar-refractivity contribution in [2.45, 2.75) is 72.9 Å². The lowest BCUT2D eigenvalue weighted by molar-refractivity contribution is -0.140. The Morgan fingerprint density at radius 2 is 1.64 bits per heavy atom. The van der Waals surface area contributed by atoms with E-state index in [9.17, 15) is 18.0 Å². The number of hydrogen-bond acceptors (Lipinski definition) is 4. The van der Waals surface area contributed by atoms with Crippen molar-refractivity contribution < 1.29 is 18.0 Å². The lowest BCUT2D eigenvalue weighted by Gasteiger charge is -2.29. The average molecular weight is 516 g/mol. The van der Waals surface area contributed by atoms with Crippen LogP contribution in [0.25, 0.3) is 0 Å². The Labute approximate surface area is 216 Å². The molecular formula is C28H41N3O4S. The number of nitrogens with zero attached hydrogens (tertiary/aromatic N) is 2. The van der Waals surface area contributed by atoms with E-state index in [4.69, 9.17) is 0 Å². The molecule has 0 saturated heterocycles. The van der Waals surface area contributed by atoms with Crippen LogP contribution in [0.1, 0.15) is 61.8 Å². The van der Waals surface area contributed by atoms with E-state index in [1.807, 2.05) is 57.2 Å². The quantitative estimate of drug-likeness (QED) is 0.398. The molecule has 2 aromatic carbocycles. The van der Waals surface area contributed by atoms with Gasteiger partial charge in [0.1, 0.15) is 6.04 Å². The van der Waals surface area contributed by atoms with Crippen molar-refractivity contribution >= 4 is 27.5 Å². The van der Waals surface area contributed by atoms with E-state index in [-0.39, 0.29) is 24.8 Å². The van der Waals surface area contributed by atoms with E-state index in [1.54, 1.807) is 17.9 Å². The number of amides is 2. The van der Waals surface area contributed by atoms with Crippen molar-refractivity contribution in [1.29, 1.82) is 0 Å². The first-order valence-corrected chi connectivity index (χ1v) is 14.5. The first-order chi connectivity index (χ1) is 16.9. The smallest absolute Gasteiger partial charge is 0.242 e. The van der Waals surface area contributed by atoms with E-state index in [0.717, 1.165) is 35.1 Å². The highest BCUT2D eigenvalue weighted by molar-refractivity contribution is 7.92. The number of unbranched alkanes of at least 4 members (excludes halogenated alkanes) is 1. The molecule has 1 unspecified atom stereocenters. The number of nitrogens with one attached hydrogen (secondary N) is 1. The van der Waals surface area contributed by atoms with Crippen LogP contribution in [0.2, 0.25) is 0 Å². The van der Waals surface area contributed by atoms with Gasteiger partial charge < -0.3 is 10.2 Å². The summed E-state index contributed by atoms with van der Waals surface area (Å²) in [5, 5.41) is 2.92. The lowest BCUT2D eigenvalue weighted by Crippen LogP contribution is -2.48. The van der Waals surface area contributed by atoms with Crippen LogP contribution in [-0.4, -0.2) is 50.5 Å². The van der Waals surface area contributed by atoms with Gasteiger partial charge >= 0.3 is 0 Å². The van der Waals surface area contributed by atoms with Crippen LogP contribution in [-0.2, 0) is 26.2 Å².